The van der Waals surface area contributed by atoms with Gasteiger partial charge in [-0.2, -0.15) is 0 Å². The zero-order valence-electron chi connectivity index (χ0n) is 10.5. The van der Waals surface area contributed by atoms with Crippen molar-refractivity contribution in [2.75, 3.05) is 11.9 Å². The molecule has 7 nitrogen and oxygen atoms in total. The van der Waals surface area contributed by atoms with Crippen LogP contribution in [0.15, 0.2) is 18.5 Å². The van der Waals surface area contributed by atoms with E-state index in [1.54, 1.807) is 6.07 Å². The van der Waals surface area contributed by atoms with Crippen LogP contribution in [0.25, 0.3) is 0 Å². The number of carboxylic acids is 1. The van der Waals surface area contributed by atoms with Gasteiger partial charge in [-0.25, -0.2) is 19.6 Å². The second kappa shape index (κ2) is 6.12. The van der Waals surface area contributed by atoms with Gasteiger partial charge in [-0.3, -0.25) is 5.32 Å². The zero-order valence-corrected chi connectivity index (χ0v) is 10.5. The van der Waals surface area contributed by atoms with Crippen molar-refractivity contribution in [3.8, 4) is 0 Å². The molecule has 0 radical (unpaired) electrons. The molecule has 7 heteroatoms. The topological polar surface area (TPSA) is 95.4 Å². The first-order chi connectivity index (χ1) is 9.18. The van der Waals surface area contributed by atoms with Crippen molar-refractivity contribution in [2.24, 2.45) is 0 Å². The molecule has 19 heavy (non-hydrogen) atoms. The average molecular weight is 264 g/mol. The first-order valence-electron chi connectivity index (χ1n) is 6.26. The van der Waals surface area contributed by atoms with Gasteiger partial charge in [0.2, 0.25) is 5.95 Å². The molecule has 1 unspecified atom stereocenters. The van der Waals surface area contributed by atoms with Crippen LogP contribution >= 0.6 is 0 Å². The Labute approximate surface area is 110 Å². The van der Waals surface area contributed by atoms with Crippen molar-refractivity contribution in [2.45, 2.75) is 31.7 Å². The number of aromatic nitrogens is 2. The van der Waals surface area contributed by atoms with Crippen LogP contribution in [-0.2, 0) is 4.79 Å². The maximum atomic E-state index is 12.1. The third-order valence-electron chi connectivity index (χ3n) is 3.08. The second-order valence-electron chi connectivity index (χ2n) is 4.40. The minimum absolute atomic E-state index is 0.181. The summed E-state index contributed by atoms with van der Waals surface area (Å²) >= 11 is 0. The van der Waals surface area contributed by atoms with Gasteiger partial charge in [-0.1, -0.05) is 12.8 Å². The predicted molar refractivity (Wildman–Crippen MR) is 67.6 cm³/mol. The number of hydrogen-bond donors (Lipinski definition) is 2. The van der Waals surface area contributed by atoms with Gasteiger partial charge in [0.25, 0.3) is 0 Å². The van der Waals surface area contributed by atoms with E-state index in [4.69, 9.17) is 0 Å². The highest BCUT2D eigenvalue weighted by Crippen LogP contribution is 2.17. The summed E-state index contributed by atoms with van der Waals surface area (Å²) < 4.78 is 0. The Hall–Kier alpha value is -2.18. The van der Waals surface area contributed by atoms with E-state index in [0.29, 0.717) is 13.0 Å². The number of hydrogen-bond acceptors (Lipinski definition) is 4. The highest BCUT2D eigenvalue weighted by Gasteiger charge is 2.30. The lowest BCUT2D eigenvalue weighted by molar-refractivity contribution is -0.142. The Balaban J connectivity index is 2.08. The Bertz CT molecular complexity index is 452. The average Bonchev–Trinajstić information content (AvgIpc) is 2.65. The predicted octanol–water partition coefficient (Wildman–Crippen LogP) is 1.34. The van der Waals surface area contributed by atoms with Crippen LogP contribution in [0, 0.1) is 0 Å². The summed E-state index contributed by atoms with van der Waals surface area (Å²) in [5, 5.41) is 11.7. The highest BCUT2D eigenvalue weighted by molar-refractivity contribution is 5.90. The van der Waals surface area contributed by atoms with Gasteiger partial charge < -0.3 is 10.0 Å². The van der Waals surface area contributed by atoms with E-state index in [1.165, 1.54) is 17.3 Å². The summed E-state index contributed by atoms with van der Waals surface area (Å²) in [6, 6.07) is 0.411. The van der Waals surface area contributed by atoms with E-state index >= 15 is 0 Å². The summed E-state index contributed by atoms with van der Waals surface area (Å²) in [7, 11) is 0. The Morgan fingerprint density at radius 2 is 2.00 bits per heavy atom. The molecule has 2 rings (SSSR count). The Kier molecular flexibility index (Phi) is 4.27. The first-order valence-corrected chi connectivity index (χ1v) is 6.26. The lowest BCUT2D eigenvalue weighted by Gasteiger charge is -2.26. The molecular formula is C12H16N4O3. The first kappa shape index (κ1) is 13.3. The number of nitrogens with zero attached hydrogens (tertiary/aromatic N) is 3. The largest absolute Gasteiger partial charge is 0.480 e. The molecule has 1 saturated heterocycles. The van der Waals surface area contributed by atoms with Crippen LogP contribution in [0.2, 0.25) is 0 Å². The third-order valence-corrected chi connectivity index (χ3v) is 3.08. The number of nitrogens with one attached hydrogen (secondary N) is 1. The second-order valence-corrected chi connectivity index (χ2v) is 4.40. The van der Waals surface area contributed by atoms with Crippen LogP contribution in [0.3, 0.4) is 0 Å². The summed E-state index contributed by atoms with van der Waals surface area (Å²) in [6.45, 7) is 0.440. The molecule has 0 spiro atoms. The number of carbonyl (C=O) groups excluding carboxylic acids is 1. The number of anilines is 1. The fourth-order valence-corrected chi connectivity index (χ4v) is 2.14. The molecule has 1 aliphatic rings. The quantitative estimate of drug-likeness (QED) is 0.840. The molecule has 1 aromatic heterocycles. The standard InChI is InChI=1S/C12H16N4O3/c17-10(18)9-5-2-1-3-8-16(9)12(19)15-11-13-6-4-7-14-11/h4,6-7,9H,1-3,5,8H2,(H,17,18)(H,13,14,15,19). The van der Waals surface area contributed by atoms with Crippen molar-refractivity contribution in [1.82, 2.24) is 14.9 Å². The molecule has 1 aromatic rings. The molecule has 102 valence electrons. The number of carboxylic acid groups (broad SMARTS) is 1. The van der Waals surface area contributed by atoms with Crippen molar-refractivity contribution in [3.05, 3.63) is 18.5 Å². The maximum Gasteiger partial charge on any atom is 0.326 e. The minimum Gasteiger partial charge on any atom is -0.480 e. The molecule has 1 fully saturated rings. The van der Waals surface area contributed by atoms with E-state index in [2.05, 4.69) is 15.3 Å². The number of aliphatic carboxylic acids is 1. The zero-order chi connectivity index (χ0) is 13.7. The SMILES string of the molecule is O=C(O)C1CCCCCN1C(=O)Nc1ncccn1. The van der Waals surface area contributed by atoms with Crippen molar-refractivity contribution < 1.29 is 14.7 Å². The van der Waals surface area contributed by atoms with Gasteiger partial charge in [-0.15, -0.1) is 0 Å². The summed E-state index contributed by atoms with van der Waals surface area (Å²) in [5.74, 6) is -0.785. The monoisotopic (exact) mass is 264 g/mol. The Morgan fingerprint density at radius 3 is 2.68 bits per heavy atom. The molecule has 1 aliphatic heterocycles. The lowest BCUT2D eigenvalue weighted by Crippen LogP contribution is -2.46. The van der Waals surface area contributed by atoms with E-state index in [1.807, 2.05) is 0 Å². The van der Waals surface area contributed by atoms with Crippen LogP contribution in [0.4, 0.5) is 10.7 Å². The van der Waals surface area contributed by atoms with Crippen molar-refractivity contribution in [3.63, 3.8) is 0 Å². The van der Waals surface area contributed by atoms with Crippen molar-refractivity contribution >= 4 is 17.9 Å². The number of urea groups is 1. The molecule has 0 aromatic carbocycles. The Morgan fingerprint density at radius 1 is 1.26 bits per heavy atom. The van der Waals surface area contributed by atoms with Crippen LogP contribution in [0.5, 0.6) is 0 Å². The van der Waals surface area contributed by atoms with Gasteiger partial charge >= 0.3 is 12.0 Å². The number of rotatable bonds is 2. The molecule has 0 bridgehead atoms. The lowest BCUT2D eigenvalue weighted by atomic mass is 10.1. The van der Waals surface area contributed by atoms with Gasteiger partial charge in [0.15, 0.2) is 0 Å². The van der Waals surface area contributed by atoms with E-state index in [9.17, 15) is 14.7 Å². The molecule has 2 heterocycles. The molecule has 1 atom stereocenters. The van der Waals surface area contributed by atoms with Gasteiger partial charge in [0.05, 0.1) is 0 Å². The summed E-state index contributed by atoms with van der Waals surface area (Å²) in [5.41, 5.74) is 0. The summed E-state index contributed by atoms with van der Waals surface area (Å²) in [6.07, 6.45) is 6.09. The molecular weight excluding hydrogens is 248 g/mol. The van der Waals surface area contributed by atoms with E-state index in [0.717, 1.165) is 19.3 Å². The van der Waals surface area contributed by atoms with Gasteiger partial charge in [-0.05, 0) is 18.9 Å². The number of amides is 2. The van der Waals surface area contributed by atoms with Crippen molar-refractivity contribution in [1.29, 1.82) is 0 Å². The molecule has 0 aliphatic carbocycles. The normalized spacial score (nSPS) is 19.6. The minimum atomic E-state index is -0.967. The van der Waals surface area contributed by atoms with Gasteiger partial charge in [0.1, 0.15) is 6.04 Å². The molecule has 2 N–H and O–H groups in total. The third kappa shape index (κ3) is 3.40. The van der Waals surface area contributed by atoms with Crippen LogP contribution in [-0.4, -0.2) is 44.6 Å². The highest BCUT2D eigenvalue weighted by atomic mass is 16.4. The van der Waals surface area contributed by atoms with E-state index < -0.39 is 18.0 Å². The van der Waals surface area contributed by atoms with Crippen LogP contribution in [0.1, 0.15) is 25.7 Å². The fourth-order valence-electron chi connectivity index (χ4n) is 2.14. The summed E-state index contributed by atoms with van der Waals surface area (Å²) in [4.78, 5) is 32.5. The maximum absolute atomic E-state index is 12.1. The smallest absolute Gasteiger partial charge is 0.326 e. The van der Waals surface area contributed by atoms with Gasteiger partial charge in [0, 0.05) is 18.9 Å². The number of carbonyl (C=O) groups is 2. The number of likely N-dealkylation sites (tertiary alicyclic amines) is 1. The van der Waals surface area contributed by atoms with E-state index in [-0.39, 0.29) is 5.95 Å². The van der Waals surface area contributed by atoms with Crippen LogP contribution < -0.4 is 5.32 Å². The fraction of sp³-hybridized carbons (Fsp3) is 0.500. The molecule has 2 amide bonds. The molecule has 0 saturated carbocycles.